The van der Waals surface area contributed by atoms with E-state index in [0.29, 0.717) is 18.9 Å². The number of benzene rings is 2. The van der Waals surface area contributed by atoms with Crippen molar-refractivity contribution in [3.63, 3.8) is 0 Å². The Labute approximate surface area is 189 Å². The minimum atomic E-state index is -0.145. The first-order chi connectivity index (χ1) is 15.1. The van der Waals surface area contributed by atoms with Gasteiger partial charge in [-0.3, -0.25) is 9.80 Å². The van der Waals surface area contributed by atoms with Gasteiger partial charge >= 0.3 is 0 Å². The lowest BCUT2D eigenvalue weighted by Gasteiger charge is -2.39. The number of hydrogen-bond acceptors (Lipinski definition) is 7. The standard InChI is InChI=1S/C23H22ClN5OS/c24-17-2-4-22-20(8-17)16(13-31-22)10-28-5-6-29(18(11-28)12-30)9-15-1-3-19-21(7-15)26-14-27-23(19)25/h1-4,7-8,12-14,18H,5-6,9-11H2,(H2,25,26,27). The van der Waals surface area contributed by atoms with Gasteiger partial charge in [-0.1, -0.05) is 17.7 Å². The van der Waals surface area contributed by atoms with Crippen molar-refractivity contribution in [2.75, 3.05) is 25.4 Å². The lowest BCUT2D eigenvalue weighted by molar-refractivity contribution is -0.115. The van der Waals surface area contributed by atoms with Gasteiger partial charge in [0.05, 0.1) is 11.6 Å². The minimum absolute atomic E-state index is 0.145. The Morgan fingerprint density at radius 1 is 1.13 bits per heavy atom. The van der Waals surface area contributed by atoms with Crippen LogP contribution in [0.25, 0.3) is 21.0 Å². The summed E-state index contributed by atoms with van der Waals surface area (Å²) in [6.45, 7) is 3.98. The number of fused-ring (bicyclic) bond motifs is 2. The van der Waals surface area contributed by atoms with Crippen LogP contribution in [0.4, 0.5) is 5.82 Å². The molecule has 1 aliphatic rings. The molecule has 0 amide bonds. The summed E-state index contributed by atoms with van der Waals surface area (Å²) in [5.74, 6) is 0.484. The molecule has 0 spiro atoms. The third kappa shape index (κ3) is 4.14. The number of aromatic nitrogens is 2. The number of nitrogen functional groups attached to an aromatic ring is 1. The Kier molecular flexibility index (Phi) is 5.58. The first-order valence-electron chi connectivity index (χ1n) is 10.2. The molecule has 3 heterocycles. The minimum Gasteiger partial charge on any atom is -0.383 e. The number of anilines is 1. The summed E-state index contributed by atoms with van der Waals surface area (Å²) in [4.78, 5) is 24.9. The van der Waals surface area contributed by atoms with Crippen molar-refractivity contribution < 1.29 is 4.79 Å². The second-order valence-corrected chi connectivity index (χ2v) is 9.27. The number of nitrogens with two attached hydrogens (primary N) is 1. The number of rotatable bonds is 5. The topological polar surface area (TPSA) is 75.3 Å². The smallest absolute Gasteiger partial charge is 0.138 e. The molecule has 4 aromatic rings. The molecule has 1 fully saturated rings. The van der Waals surface area contributed by atoms with Gasteiger partial charge in [0.15, 0.2) is 0 Å². The molecule has 2 N–H and O–H groups in total. The zero-order valence-corrected chi connectivity index (χ0v) is 18.4. The van der Waals surface area contributed by atoms with Crippen LogP contribution in [-0.4, -0.2) is 51.7 Å². The van der Waals surface area contributed by atoms with E-state index in [1.54, 1.807) is 11.3 Å². The van der Waals surface area contributed by atoms with Crippen molar-refractivity contribution >= 4 is 56.0 Å². The molecule has 1 aliphatic heterocycles. The number of carbonyl (C=O) groups excluding carboxylic acids is 1. The maximum atomic E-state index is 11.9. The van der Waals surface area contributed by atoms with Crippen LogP contribution in [0.2, 0.25) is 5.02 Å². The average Bonchev–Trinajstić information content (AvgIpc) is 3.16. The second-order valence-electron chi connectivity index (χ2n) is 7.92. The molecule has 5 rings (SSSR count). The first kappa shape index (κ1) is 20.3. The van der Waals surface area contributed by atoms with Crippen molar-refractivity contribution in [1.82, 2.24) is 19.8 Å². The number of nitrogens with zero attached hydrogens (tertiary/aromatic N) is 4. The van der Waals surface area contributed by atoms with Crippen molar-refractivity contribution in [2.45, 2.75) is 19.1 Å². The molecule has 1 atom stereocenters. The van der Waals surface area contributed by atoms with Gasteiger partial charge in [-0.15, -0.1) is 11.3 Å². The fourth-order valence-corrected chi connectivity index (χ4v) is 5.36. The zero-order valence-electron chi connectivity index (χ0n) is 16.9. The van der Waals surface area contributed by atoms with Crippen molar-refractivity contribution in [2.24, 2.45) is 0 Å². The predicted octanol–water partition coefficient (Wildman–Crippen LogP) is 3.97. The molecule has 8 heteroatoms. The lowest BCUT2D eigenvalue weighted by atomic mass is 10.1. The van der Waals surface area contributed by atoms with Gasteiger partial charge in [-0.05, 0) is 52.2 Å². The van der Waals surface area contributed by atoms with E-state index in [1.807, 2.05) is 30.3 Å². The summed E-state index contributed by atoms with van der Waals surface area (Å²) < 4.78 is 1.24. The fraction of sp³-hybridized carbons (Fsp3) is 0.261. The maximum absolute atomic E-state index is 11.9. The fourth-order valence-electron chi connectivity index (χ4n) is 4.25. The number of thiophene rings is 1. The second kappa shape index (κ2) is 8.51. The number of halogens is 1. The van der Waals surface area contributed by atoms with E-state index in [-0.39, 0.29) is 6.04 Å². The van der Waals surface area contributed by atoms with Crippen LogP contribution >= 0.6 is 22.9 Å². The highest BCUT2D eigenvalue weighted by Crippen LogP contribution is 2.30. The molecule has 31 heavy (non-hydrogen) atoms. The highest BCUT2D eigenvalue weighted by atomic mass is 35.5. The van der Waals surface area contributed by atoms with E-state index in [4.69, 9.17) is 17.3 Å². The van der Waals surface area contributed by atoms with E-state index >= 15 is 0 Å². The monoisotopic (exact) mass is 451 g/mol. The Morgan fingerprint density at radius 3 is 2.90 bits per heavy atom. The molecule has 2 aromatic heterocycles. The highest BCUT2D eigenvalue weighted by Gasteiger charge is 2.27. The Morgan fingerprint density at radius 2 is 2.03 bits per heavy atom. The van der Waals surface area contributed by atoms with Crippen LogP contribution in [0.5, 0.6) is 0 Å². The normalized spacial score (nSPS) is 18.0. The van der Waals surface area contributed by atoms with Gasteiger partial charge in [0.25, 0.3) is 0 Å². The molecular formula is C23H22ClN5OS. The number of piperazine rings is 1. The first-order valence-corrected chi connectivity index (χ1v) is 11.4. The van der Waals surface area contributed by atoms with E-state index < -0.39 is 0 Å². The molecule has 0 bridgehead atoms. The zero-order chi connectivity index (χ0) is 21.4. The van der Waals surface area contributed by atoms with Crippen molar-refractivity contribution in [3.8, 4) is 0 Å². The molecule has 158 valence electrons. The van der Waals surface area contributed by atoms with Crippen LogP contribution in [0.3, 0.4) is 0 Å². The van der Waals surface area contributed by atoms with Crippen LogP contribution < -0.4 is 5.73 Å². The van der Waals surface area contributed by atoms with E-state index in [0.717, 1.165) is 47.4 Å². The van der Waals surface area contributed by atoms with Crippen LogP contribution in [0.1, 0.15) is 11.1 Å². The maximum Gasteiger partial charge on any atom is 0.138 e. The third-order valence-electron chi connectivity index (χ3n) is 5.90. The summed E-state index contributed by atoms with van der Waals surface area (Å²) in [5, 5.41) is 5.02. The highest BCUT2D eigenvalue weighted by molar-refractivity contribution is 7.17. The van der Waals surface area contributed by atoms with Gasteiger partial charge in [0.1, 0.15) is 18.4 Å². The van der Waals surface area contributed by atoms with Crippen LogP contribution in [-0.2, 0) is 17.9 Å². The lowest BCUT2D eigenvalue weighted by Crippen LogP contribution is -2.53. The molecule has 2 aromatic carbocycles. The molecule has 0 aliphatic carbocycles. The van der Waals surface area contributed by atoms with Gasteiger partial charge in [-0.2, -0.15) is 0 Å². The Hall–Kier alpha value is -2.58. The Bertz CT molecular complexity index is 1260. The number of hydrogen-bond donors (Lipinski definition) is 1. The molecule has 1 unspecified atom stereocenters. The van der Waals surface area contributed by atoms with Crippen LogP contribution in [0, 0.1) is 0 Å². The summed E-state index contributed by atoms with van der Waals surface area (Å²) in [6, 6.07) is 11.9. The summed E-state index contributed by atoms with van der Waals surface area (Å²) in [5.41, 5.74) is 9.14. The number of carbonyl (C=O) groups is 1. The summed E-state index contributed by atoms with van der Waals surface area (Å²) in [6.07, 6.45) is 2.55. The SMILES string of the molecule is Nc1ncnc2cc(CN3CCN(Cc4csc5ccc(Cl)cc45)CC3C=O)ccc12. The molecule has 0 radical (unpaired) electrons. The largest absolute Gasteiger partial charge is 0.383 e. The van der Waals surface area contributed by atoms with Gasteiger partial charge in [0, 0.05) is 47.8 Å². The van der Waals surface area contributed by atoms with Gasteiger partial charge in [-0.25, -0.2) is 9.97 Å². The van der Waals surface area contributed by atoms with Gasteiger partial charge < -0.3 is 10.5 Å². The summed E-state index contributed by atoms with van der Waals surface area (Å²) >= 11 is 7.94. The summed E-state index contributed by atoms with van der Waals surface area (Å²) in [7, 11) is 0. The van der Waals surface area contributed by atoms with Crippen LogP contribution in [0.15, 0.2) is 48.1 Å². The predicted molar refractivity (Wildman–Crippen MR) is 126 cm³/mol. The van der Waals surface area contributed by atoms with Gasteiger partial charge in [0.2, 0.25) is 0 Å². The van der Waals surface area contributed by atoms with E-state index in [1.165, 1.54) is 22.0 Å². The quantitative estimate of drug-likeness (QED) is 0.463. The average molecular weight is 452 g/mol. The number of aldehydes is 1. The molecule has 6 nitrogen and oxygen atoms in total. The van der Waals surface area contributed by atoms with E-state index in [2.05, 4.69) is 31.2 Å². The Balaban J connectivity index is 1.29. The van der Waals surface area contributed by atoms with Crippen molar-refractivity contribution in [1.29, 1.82) is 0 Å². The molecular weight excluding hydrogens is 430 g/mol. The molecule has 1 saturated heterocycles. The van der Waals surface area contributed by atoms with Crippen molar-refractivity contribution in [3.05, 3.63) is 64.3 Å². The third-order valence-corrected chi connectivity index (χ3v) is 7.15. The molecule has 0 saturated carbocycles. The van der Waals surface area contributed by atoms with E-state index in [9.17, 15) is 4.79 Å².